The van der Waals surface area contributed by atoms with E-state index in [-0.39, 0.29) is 11.3 Å². The molecule has 0 saturated carbocycles. The minimum Gasteiger partial charge on any atom is -0.464 e. The second-order valence-electron chi connectivity index (χ2n) is 3.70. The highest BCUT2D eigenvalue weighted by atomic mass is 19.3. The predicted molar refractivity (Wildman–Crippen MR) is 63.8 cm³/mol. The van der Waals surface area contributed by atoms with Gasteiger partial charge in [-0.15, -0.1) is 0 Å². The Kier molecular flexibility index (Phi) is 3.79. The van der Waals surface area contributed by atoms with Crippen molar-refractivity contribution in [1.82, 2.24) is 9.97 Å². The third-order valence-electron chi connectivity index (χ3n) is 2.49. The van der Waals surface area contributed by atoms with Gasteiger partial charge in [0.05, 0.1) is 25.2 Å². The molecule has 6 heteroatoms. The molecule has 0 spiro atoms. The van der Waals surface area contributed by atoms with E-state index < -0.39 is 12.4 Å². The number of benzene rings is 1. The average Bonchev–Trinajstić information content (AvgIpc) is 2.46. The minimum atomic E-state index is -2.51. The van der Waals surface area contributed by atoms with Crippen LogP contribution in [0.5, 0.6) is 0 Å². The molecule has 0 amide bonds. The van der Waals surface area contributed by atoms with Crippen molar-refractivity contribution < 1.29 is 18.3 Å². The minimum absolute atomic E-state index is 0.0675. The zero-order valence-electron chi connectivity index (χ0n) is 10.0. The first kappa shape index (κ1) is 13.1. The number of ether oxygens (including phenoxy) is 1. The molecule has 1 aromatic carbocycles. The van der Waals surface area contributed by atoms with Crippen LogP contribution in [0.3, 0.4) is 0 Å². The number of alkyl halides is 2. The van der Waals surface area contributed by atoms with E-state index in [0.717, 1.165) is 0 Å². The number of aromatic nitrogens is 2. The second-order valence-corrected chi connectivity index (χ2v) is 3.70. The van der Waals surface area contributed by atoms with Crippen molar-refractivity contribution in [2.75, 3.05) is 7.11 Å². The molecule has 2 aromatic rings. The van der Waals surface area contributed by atoms with Crippen LogP contribution in [0.25, 0.3) is 11.3 Å². The van der Waals surface area contributed by atoms with Crippen molar-refractivity contribution in [3.8, 4) is 11.3 Å². The number of carbonyl (C=O) groups is 1. The molecule has 0 aliphatic carbocycles. The molecule has 98 valence electrons. The van der Waals surface area contributed by atoms with Gasteiger partial charge in [-0.2, -0.15) is 0 Å². The second kappa shape index (κ2) is 5.51. The molecule has 1 aromatic heterocycles. The maximum atomic E-state index is 12.4. The number of hydrogen-bond acceptors (Lipinski definition) is 4. The molecule has 4 nitrogen and oxygen atoms in total. The van der Waals surface area contributed by atoms with E-state index >= 15 is 0 Å². The lowest BCUT2D eigenvalue weighted by molar-refractivity contribution is 0.0593. The number of esters is 1. The molecule has 0 saturated heterocycles. The molecule has 19 heavy (non-hydrogen) atoms. The SMILES string of the molecule is COC(=O)c1cncc(-c2ccc(C(F)F)cc2)n1. The fraction of sp³-hybridized carbons (Fsp3) is 0.154. The van der Waals surface area contributed by atoms with Crippen molar-refractivity contribution >= 4 is 5.97 Å². The first-order valence-corrected chi connectivity index (χ1v) is 5.40. The van der Waals surface area contributed by atoms with Gasteiger partial charge >= 0.3 is 5.97 Å². The molecular formula is C13H10F2N2O2. The van der Waals surface area contributed by atoms with Gasteiger partial charge in [0.2, 0.25) is 0 Å². The Balaban J connectivity index is 2.33. The molecule has 0 radical (unpaired) electrons. The zero-order valence-corrected chi connectivity index (χ0v) is 10.0. The summed E-state index contributed by atoms with van der Waals surface area (Å²) in [5.41, 5.74) is 1.02. The first-order valence-electron chi connectivity index (χ1n) is 5.40. The molecule has 1 heterocycles. The predicted octanol–water partition coefficient (Wildman–Crippen LogP) is 2.87. The van der Waals surface area contributed by atoms with Gasteiger partial charge in [0.1, 0.15) is 0 Å². The van der Waals surface area contributed by atoms with Crippen molar-refractivity contribution in [3.63, 3.8) is 0 Å². The normalized spacial score (nSPS) is 10.5. The number of nitrogens with zero attached hydrogens (tertiary/aromatic N) is 2. The van der Waals surface area contributed by atoms with Crippen LogP contribution in [0, 0.1) is 0 Å². The lowest BCUT2D eigenvalue weighted by atomic mass is 10.1. The van der Waals surface area contributed by atoms with E-state index in [1.807, 2.05) is 0 Å². The van der Waals surface area contributed by atoms with E-state index in [2.05, 4.69) is 14.7 Å². The Morgan fingerprint density at radius 2 is 1.89 bits per heavy atom. The summed E-state index contributed by atoms with van der Waals surface area (Å²) in [5, 5.41) is 0. The van der Waals surface area contributed by atoms with E-state index in [9.17, 15) is 13.6 Å². The summed E-state index contributed by atoms with van der Waals surface area (Å²) in [6.45, 7) is 0. The van der Waals surface area contributed by atoms with E-state index in [4.69, 9.17) is 0 Å². The van der Waals surface area contributed by atoms with Crippen LogP contribution in [-0.2, 0) is 4.74 Å². The summed E-state index contributed by atoms with van der Waals surface area (Å²) in [4.78, 5) is 19.3. The molecule has 0 N–H and O–H groups in total. The molecular weight excluding hydrogens is 254 g/mol. The Morgan fingerprint density at radius 1 is 1.21 bits per heavy atom. The standard InChI is InChI=1S/C13H10F2N2O2/c1-19-13(18)11-7-16-6-10(17-11)8-2-4-9(5-3-8)12(14)15/h2-7,12H,1H3. The van der Waals surface area contributed by atoms with Gasteiger partial charge in [0.25, 0.3) is 6.43 Å². The van der Waals surface area contributed by atoms with Crippen molar-refractivity contribution in [1.29, 1.82) is 0 Å². The molecule has 0 fully saturated rings. The van der Waals surface area contributed by atoms with E-state index in [0.29, 0.717) is 11.3 Å². The number of carbonyl (C=O) groups excluding carboxylic acids is 1. The highest BCUT2D eigenvalue weighted by molar-refractivity contribution is 5.87. The van der Waals surface area contributed by atoms with E-state index in [1.54, 1.807) is 0 Å². The number of hydrogen-bond donors (Lipinski definition) is 0. The van der Waals surface area contributed by atoms with E-state index in [1.165, 1.54) is 43.8 Å². The Bertz CT molecular complexity index is 585. The largest absolute Gasteiger partial charge is 0.464 e. The lowest BCUT2D eigenvalue weighted by Gasteiger charge is -2.04. The smallest absolute Gasteiger partial charge is 0.358 e. The van der Waals surface area contributed by atoms with Crippen LogP contribution in [0.2, 0.25) is 0 Å². The molecule has 0 aliphatic rings. The molecule has 2 rings (SSSR count). The summed E-state index contributed by atoms with van der Waals surface area (Å²) in [5.74, 6) is -0.599. The third kappa shape index (κ3) is 2.90. The Hall–Kier alpha value is -2.37. The van der Waals surface area contributed by atoms with Gasteiger partial charge in [-0.25, -0.2) is 18.6 Å². The molecule has 0 aliphatic heterocycles. The van der Waals surface area contributed by atoms with Gasteiger partial charge in [0, 0.05) is 11.1 Å². The van der Waals surface area contributed by atoms with Crippen molar-refractivity contribution in [2.24, 2.45) is 0 Å². The van der Waals surface area contributed by atoms with Crippen LogP contribution in [0.15, 0.2) is 36.7 Å². The molecule has 0 bridgehead atoms. The van der Waals surface area contributed by atoms with Crippen molar-refractivity contribution in [2.45, 2.75) is 6.43 Å². The van der Waals surface area contributed by atoms with Crippen LogP contribution < -0.4 is 0 Å². The van der Waals surface area contributed by atoms with Crippen molar-refractivity contribution in [3.05, 3.63) is 47.9 Å². The number of halogens is 2. The van der Waals surface area contributed by atoms with Crippen LogP contribution in [0.4, 0.5) is 8.78 Å². The highest BCUT2D eigenvalue weighted by Gasteiger charge is 2.11. The average molecular weight is 264 g/mol. The highest BCUT2D eigenvalue weighted by Crippen LogP contribution is 2.22. The topological polar surface area (TPSA) is 52.1 Å². The van der Waals surface area contributed by atoms with Crippen LogP contribution in [-0.4, -0.2) is 23.0 Å². The van der Waals surface area contributed by atoms with Crippen LogP contribution >= 0.6 is 0 Å². The maximum absolute atomic E-state index is 12.4. The lowest BCUT2D eigenvalue weighted by Crippen LogP contribution is -2.05. The van der Waals surface area contributed by atoms with Gasteiger partial charge in [0.15, 0.2) is 5.69 Å². The number of methoxy groups -OCH3 is 1. The number of rotatable bonds is 3. The summed E-state index contributed by atoms with van der Waals surface area (Å²) in [6.07, 6.45) is 0.216. The fourth-order valence-corrected chi connectivity index (χ4v) is 1.51. The fourth-order valence-electron chi connectivity index (χ4n) is 1.51. The third-order valence-corrected chi connectivity index (χ3v) is 2.49. The van der Waals surface area contributed by atoms with Gasteiger partial charge in [-0.1, -0.05) is 24.3 Å². The first-order chi connectivity index (χ1) is 9.11. The van der Waals surface area contributed by atoms with Crippen LogP contribution in [0.1, 0.15) is 22.5 Å². The monoisotopic (exact) mass is 264 g/mol. The summed E-state index contributed by atoms with van der Waals surface area (Å²) >= 11 is 0. The van der Waals surface area contributed by atoms with Gasteiger partial charge < -0.3 is 4.74 Å². The van der Waals surface area contributed by atoms with Gasteiger partial charge in [-0.05, 0) is 0 Å². The Morgan fingerprint density at radius 3 is 2.47 bits per heavy atom. The summed E-state index contributed by atoms with van der Waals surface area (Å²) in [7, 11) is 1.24. The summed E-state index contributed by atoms with van der Waals surface area (Å²) in [6, 6.07) is 5.64. The summed E-state index contributed by atoms with van der Waals surface area (Å²) < 4.78 is 29.4. The quantitative estimate of drug-likeness (QED) is 0.800. The maximum Gasteiger partial charge on any atom is 0.358 e. The van der Waals surface area contributed by atoms with Gasteiger partial charge in [-0.3, -0.25) is 4.98 Å². The molecule has 0 atom stereocenters. The molecule has 0 unspecified atom stereocenters. The zero-order chi connectivity index (χ0) is 13.8. The Labute approximate surface area is 108 Å².